The number of carbonyl (C=O) groups is 4. The van der Waals surface area contributed by atoms with Crippen molar-refractivity contribution in [3.63, 3.8) is 0 Å². The Labute approximate surface area is 280 Å². The van der Waals surface area contributed by atoms with Gasteiger partial charge < -0.3 is 29.3 Å². The van der Waals surface area contributed by atoms with Crippen molar-refractivity contribution < 1.29 is 33.4 Å². The second-order valence-electron chi connectivity index (χ2n) is 12.9. The molecule has 12 heteroatoms. The number of benzene rings is 2. The first kappa shape index (κ1) is 34.3. The monoisotopic (exact) mass is 657 g/mol. The predicted octanol–water partition coefficient (Wildman–Crippen LogP) is 5.03. The van der Waals surface area contributed by atoms with Crippen LogP contribution < -0.4 is 14.8 Å². The van der Waals surface area contributed by atoms with Crippen LogP contribution in [0.2, 0.25) is 0 Å². The summed E-state index contributed by atoms with van der Waals surface area (Å²) < 4.78 is 17.1. The Bertz CT molecular complexity index is 1560. The van der Waals surface area contributed by atoms with Crippen LogP contribution in [0.5, 0.6) is 11.6 Å². The Morgan fingerprint density at radius 2 is 1.50 bits per heavy atom. The van der Waals surface area contributed by atoms with Gasteiger partial charge in [-0.1, -0.05) is 48.5 Å². The van der Waals surface area contributed by atoms with E-state index in [0.29, 0.717) is 17.1 Å². The zero-order valence-electron chi connectivity index (χ0n) is 27.7. The van der Waals surface area contributed by atoms with Gasteiger partial charge in [-0.15, -0.1) is 0 Å². The minimum Gasteiger partial charge on any atom is -0.474 e. The maximum atomic E-state index is 13.9. The Balaban J connectivity index is 1.31. The van der Waals surface area contributed by atoms with E-state index < -0.39 is 29.6 Å². The number of hydrogen-bond donors (Lipinski definition) is 1. The number of nitrogens with one attached hydrogen (secondary N) is 1. The third kappa shape index (κ3) is 9.76. The number of aromatic nitrogens is 2. The van der Waals surface area contributed by atoms with Gasteiger partial charge in [0, 0.05) is 44.2 Å². The standard InChI is InChI=1S/C36H43N5O7/c1-36(2,3)48-31(42)19-18-28(34(44)40-20-22-41(23-21-40)35(45)47-27-14-8-5-9-15-27)38-33(43)29-24-30(46-26-16-10-11-17-26)39-32(37-29)25-12-6-4-7-13-25/h4-9,12-15,24,26,28H,10-11,16-23H2,1-3H3,(H,38,43)/t28-/m0/s1. The molecule has 3 amide bonds. The van der Waals surface area contributed by atoms with Gasteiger partial charge in [0.15, 0.2) is 5.82 Å². The number of piperazine rings is 1. The van der Waals surface area contributed by atoms with Crippen molar-refractivity contribution in [2.45, 2.75) is 77.0 Å². The molecule has 3 aromatic rings. The number of amides is 3. The largest absolute Gasteiger partial charge is 0.474 e. The lowest BCUT2D eigenvalue weighted by atomic mass is 10.1. The predicted molar refractivity (Wildman–Crippen MR) is 177 cm³/mol. The molecule has 1 saturated carbocycles. The van der Waals surface area contributed by atoms with Crippen LogP contribution in [0.15, 0.2) is 66.7 Å². The number of ether oxygens (including phenoxy) is 3. The summed E-state index contributed by atoms with van der Waals surface area (Å²) >= 11 is 0. The smallest absolute Gasteiger partial charge is 0.415 e. The molecule has 1 saturated heterocycles. The van der Waals surface area contributed by atoms with E-state index in [-0.39, 0.29) is 62.6 Å². The highest BCUT2D eigenvalue weighted by atomic mass is 16.6. The van der Waals surface area contributed by atoms with Crippen LogP contribution in [0, 0.1) is 0 Å². The molecule has 0 radical (unpaired) electrons. The van der Waals surface area contributed by atoms with Gasteiger partial charge in [-0.2, -0.15) is 4.98 Å². The van der Waals surface area contributed by atoms with Crippen LogP contribution in [-0.2, 0) is 14.3 Å². The Morgan fingerprint density at radius 3 is 2.15 bits per heavy atom. The van der Waals surface area contributed by atoms with Gasteiger partial charge in [0.2, 0.25) is 11.8 Å². The van der Waals surface area contributed by atoms with Crippen molar-refractivity contribution in [2.24, 2.45) is 0 Å². The first-order chi connectivity index (χ1) is 23.0. The van der Waals surface area contributed by atoms with E-state index >= 15 is 0 Å². The molecule has 5 rings (SSSR count). The summed E-state index contributed by atoms with van der Waals surface area (Å²) in [7, 11) is 0. The van der Waals surface area contributed by atoms with Crippen LogP contribution in [0.4, 0.5) is 4.79 Å². The lowest BCUT2D eigenvalue weighted by Crippen LogP contribution is -2.56. The Hall–Kier alpha value is -5.00. The van der Waals surface area contributed by atoms with Crippen molar-refractivity contribution in [1.82, 2.24) is 25.1 Å². The first-order valence-corrected chi connectivity index (χ1v) is 16.5. The van der Waals surface area contributed by atoms with E-state index in [2.05, 4.69) is 15.3 Å². The van der Waals surface area contributed by atoms with Crippen LogP contribution >= 0.6 is 0 Å². The molecule has 2 aliphatic rings. The molecule has 0 bridgehead atoms. The number of rotatable bonds is 10. The van der Waals surface area contributed by atoms with E-state index in [1.54, 1.807) is 49.9 Å². The van der Waals surface area contributed by atoms with Crippen molar-refractivity contribution in [3.05, 3.63) is 72.4 Å². The molecule has 1 aromatic heterocycles. The molecule has 254 valence electrons. The fourth-order valence-electron chi connectivity index (χ4n) is 5.62. The summed E-state index contributed by atoms with van der Waals surface area (Å²) in [6.07, 6.45) is 3.37. The maximum Gasteiger partial charge on any atom is 0.415 e. The van der Waals surface area contributed by atoms with E-state index in [0.717, 1.165) is 25.7 Å². The summed E-state index contributed by atoms with van der Waals surface area (Å²) in [5, 5.41) is 2.83. The molecule has 1 aliphatic heterocycles. The molecular formula is C36H43N5O7. The molecule has 1 N–H and O–H groups in total. The van der Waals surface area contributed by atoms with E-state index in [4.69, 9.17) is 14.2 Å². The average Bonchev–Trinajstić information content (AvgIpc) is 3.59. The number of nitrogens with zero attached hydrogens (tertiary/aromatic N) is 4. The van der Waals surface area contributed by atoms with Gasteiger partial charge in [-0.25, -0.2) is 9.78 Å². The molecule has 1 atom stereocenters. The minimum absolute atomic E-state index is 0.00577. The fourth-order valence-corrected chi connectivity index (χ4v) is 5.62. The molecule has 2 aromatic carbocycles. The SMILES string of the molecule is CC(C)(C)OC(=O)CC[C@H](NC(=O)c1cc(OC2CCCC2)nc(-c2ccccc2)n1)C(=O)N1CCN(C(=O)Oc2ccccc2)CC1. The summed E-state index contributed by atoms with van der Waals surface area (Å²) in [4.78, 5) is 65.3. The normalized spacial score (nSPS) is 15.8. The van der Waals surface area contributed by atoms with Gasteiger partial charge >= 0.3 is 12.1 Å². The molecule has 0 spiro atoms. The minimum atomic E-state index is -1.05. The van der Waals surface area contributed by atoms with Gasteiger partial charge in [-0.05, 0) is 65.0 Å². The van der Waals surface area contributed by atoms with Crippen LogP contribution in [0.3, 0.4) is 0 Å². The van der Waals surface area contributed by atoms with Crippen molar-refractivity contribution in [2.75, 3.05) is 26.2 Å². The zero-order valence-corrected chi connectivity index (χ0v) is 27.7. The molecule has 48 heavy (non-hydrogen) atoms. The number of carbonyl (C=O) groups excluding carboxylic acids is 4. The molecule has 1 aliphatic carbocycles. The zero-order chi connectivity index (χ0) is 34.1. The third-order valence-electron chi connectivity index (χ3n) is 8.02. The number of para-hydroxylation sites is 1. The van der Waals surface area contributed by atoms with Crippen LogP contribution in [0.25, 0.3) is 11.4 Å². The topological polar surface area (TPSA) is 140 Å². The molecule has 12 nitrogen and oxygen atoms in total. The average molecular weight is 658 g/mol. The second kappa shape index (κ2) is 15.7. The quantitative estimate of drug-likeness (QED) is 0.297. The molecular weight excluding hydrogens is 614 g/mol. The summed E-state index contributed by atoms with van der Waals surface area (Å²) in [5.41, 5.74) is 0.0553. The van der Waals surface area contributed by atoms with Crippen LogP contribution in [0.1, 0.15) is 69.8 Å². The Morgan fingerprint density at radius 1 is 0.875 bits per heavy atom. The van der Waals surface area contributed by atoms with Gasteiger partial charge in [0.25, 0.3) is 5.91 Å². The first-order valence-electron chi connectivity index (χ1n) is 16.5. The molecule has 2 fully saturated rings. The lowest BCUT2D eigenvalue weighted by Gasteiger charge is -2.36. The van der Waals surface area contributed by atoms with Crippen molar-refractivity contribution in [1.29, 1.82) is 0 Å². The highest BCUT2D eigenvalue weighted by Crippen LogP contribution is 2.26. The molecule has 2 heterocycles. The van der Waals surface area contributed by atoms with Crippen LogP contribution in [-0.4, -0.2) is 87.6 Å². The Kier molecular flexibility index (Phi) is 11.3. The van der Waals surface area contributed by atoms with Gasteiger partial charge in [0.1, 0.15) is 29.2 Å². The summed E-state index contributed by atoms with van der Waals surface area (Å²) in [5.74, 6) is -0.407. The molecule has 0 unspecified atom stereocenters. The van der Waals surface area contributed by atoms with Crippen molar-refractivity contribution >= 4 is 23.9 Å². The van der Waals surface area contributed by atoms with Gasteiger partial charge in [-0.3, -0.25) is 14.4 Å². The number of esters is 1. The van der Waals surface area contributed by atoms with E-state index in [1.807, 2.05) is 36.4 Å². The van der Waals surface area contributed by atoms with Gasteiger partial charge in [0.05, 0.1) is 0 Å². The number of hydrogen-bond acceptors (Lipinski definition) is 9. The highest BCUT2D eigenvalue weighted by Gasteiger charge is 2.32. The third-order valence-corrected chi connectivity index (χ3v) is 8.02. The second-order valence-corrected chi connectivity index (χ2v) is 12.9. The van der Waals surface area contributed by atoms with Crippen molar-refractivity contribution in [3.8, 4) is 23.0 Å². The summed E-state index contributed by atoms with van der Waals surface area (Å²) in [6.45, 7) is 6.25. The lowest BCUT2D eigenvalue weighted by molar-refractivity contribution is -0.155. The summed E-state index contributed by atoms with van der Waals surface area (Å²) in [6, 6.07) is 18.5. The highest BCUT2D eigenvalue weighted by molar-refractivity contribution is 5.97. The van der Waals surface area contributed by atoms with E-state index in [1.165, 1.54) is 11.0 Å². The van der Waals surface area contributed by atoms with E-state index in [9.17, 15) is 19.2 Å². The fraction of sp³-hybridized carbons (Fsp3) is 0.444. The maximum absolute atomic E-state index is 13.9.